The van der Waals surface area contributed by atoms with E-state index in [9.17, 15) is 4.79 Å². The number of para-hydroxylation sites is 2. The Morgan fingerprint density at radius 1 is 0.969 bits per heavy atom. The van der Waals surface area contributed by atoms with E-state index in [0.717, 1.165) is 32.6 Å². The van der Waals surface area contributed by atoms with E-state index in [2.05, 4.69) is 10.2 Å². The molecular formula is C24H19ClN4OS2. The summed E-state index contributed by atoms with van der Waals surface area (Å²) in [6, 6.07) is 23.6. The number of carbonyl (C=O) groups is 1. The standard InChI is InChI=1S/C24H19ClN4OS2/c1-2-28-23(16-8-7-9-17(25)14-16)26-27-24(28)31-15-22(30)29-18-10-3-5-12-20(18)32-21-13-6-4-11-19(21)29/h3-14H,2,15H2,1H3. The van der Waals surface area contributed by atoms with Gasteiger partial charge in [0.15, 0.2) is 11.0 Å². The molecule has 32 heavy (non-hydrogen) atoms. The minimum atomic E-state index is 0.00478. The Labute approximate surface area is 199 Å². The fourth-order valence-electron chi connectivity index (χ4n) is 3.69. The Bertz CT molecular complexity index is 1260. The van der Waals surface area contributed by atoms with Crippen LogP contribution in [0.5, 0.6) is 0 Å². The van der Waals surface area contributed by atoms with Crippen LogP contribution in [0.2, 0.25) is 5.02 Å². The molecule has 5 rings (SSSR count). The van der Waals surface area contributed by atoms with Crippen LogP contribution in [0.15, 0.2) is 87.7 Å². The van der Waals surface area contributed by atoms with Gasteiger partial charge in [0.2, 0.25) is 5.91 Å². The highest BCUT2D eigenvalue weighted by atomic mass is 35.5. The topological polar surface area (TPSA) is 51.0 Å². The lowest BCUT2D eigenvalue weighted by Gasteiger charge is -2.30. The van der Waals surface area contributed by atoms with Crippen molar-refractivity contribution in [3.8, 4) is 11.4 Å². The Hall–Kier alpha value is -2.74. The highest BCUT2D eigenvalue weighted by Crippen LogP contribution is 2.48. The first-order chi connectivity index (χ1) is 15.7. The molecule has 8 heteroatoms. The van der Waals surface area contributed by atoms with Gasteiger partial charge in [-0.2, -0.15) is 0 Å². The van der Waals surface area contributed by atoms with Crippen molar-refractivity contribution in [3.63, 3.8) is 0 Å². The average Bonchev–Trinajstić information content (AvgIpc) is 3.24. The molecule has 0 fully saturated rings. The van der Waals surface area contributed by atoms with Gasteiger partial charge >= 0.3 is 0 Å². The molecule has 1 aliphatic rings. The lowest BCUT2D eigenvalue weighted by molar-refractivity contribution is -0.115. The van der Waals surface area contributed by atoms with Crippen molar-refractivity contribution in [2.45, 2.75) is 28.4 Å². The van der Waals surface area contributed by atoms with Crippen LogP contribution < -0.4 is 4.90 Å². The second-order valence-corrected chi connectivity index (χ2v) is 9.58. The molecule has 0 unspecified atom stereocenters. The predicted molar refractivity (Wildman–Crippen MR) is 131 cm³/mol. The summed E-state index contributed by atoms with van der Waals surface area (Å²) in [5, 5.41) is 10.1. The second kappa shape index (κ2) is 9.02. The summed E-state index contributed by atoms with van der Waals surface area (Å²) in [5.74, 6) is 1.00. The summed E-state index contributed by atoms with van der Waals surface area (Å²) in [4.78, 5) is 17.4. The maximum Gasteiger partial charge on any atom is 0.242 e. The van der Waals surface area contributed by atoms with Crippen molar-refractivity contribution in [2.75, 3.05) is 10.7 Å². The minimum absolute atomic E-state index is 0.00478. The summed E-state index contributed by atoms with van der Waals surface area (Å²) >= 11 is 9.24. The first-order valence-corrected chi connectivity index (χ1v) is 12.3. The summed E-state index contributed by atoms with van der Waals surface area (Å²) in [7, 11) is 0. The molecule has 0 aliphatic carbocycles. The van der Waals surface area contributed by atoms with Crippen molar-refractivity contribution >= 4 is 52.4 Å². The monoisotopic (exact) mass is 478 g/mol. The number of aromatic nitrogens is 3. The van der Waals surface area contributed by atoms with E-state index < -0.39 is 0 Å². The Balaban J connectivity index is 1.42. The molecule has 0 saturated carbocycles. The Kier molecular flexibility index (Phi) is 5.95. The van der Waals surface area contributed by atoms with E-state index in [1.165, 1.54) is 11.8 Å². The average molecular weight is 479 g/mol. The number of hydrogen-bond acceptors (Lipinski definition) is 5. The Morgan fingerprint density at radius 2 is 1.66 bits per heavy atom. The molecule has 4 aromatic rings. The number of fused-ring (bicyclic) bond motifs is 2. The summed E-state index contributed by atoms with van der Waals surface area (Å²) in [5.41, 5.74) is 2.73. The third-order valence-corrected chi connectivity index (χ3v) is 7.44. The largest absolute Gasteiger partial charge is 0.302 e. The maximum atomic E-state index is 13.4. The number of halogens is 1. The molecule has 160 valence electrons. The number of amides is 1. The van der Waals surface area contributed by atoms with Gasteiger partial charge in [-0.05, 0) is 43.3 Å². The normalized spacial score (nSPS) is 12.4. The van der Waals surface area contributed by atoms with Crippen LogP contribution in [0.3, 0.4) is 0 Å². The van der Waals surface area contributed by atoms with Crippen molar-refractivity contribution in [2.24, 2.45) is 0 Å². The van der Waals surface area contributed by atoms with Crippen LogP contribution in [0.25, 0.3) is 11.4 Å². The number of carbonyl (C=O) groups excluding carboxylic acids is 1. The first kappa shape index (κ1) is 21.1. The van der Waals surface area contributed by atoms with Crippen LogP contribution >= 0.6 is 35.1 Å². The van der Waals surface area contributed by atoms with Gasteiger partial charge in [-0.1, -0.05) is 71.5 Å². The van der Waals surface area contributed by atoms with E-state index in [4.69, 9.17) is 11.6 Å². The number of benzene rings is 3. The second-order valence-electron chi connectivity index (χ2n) is 7.12. The molecule has 0 spiro atoms. The third-order valence-electron chi connectivity index (χ3n) is 5.12. The van der Waals surface area contributed by atoms with Crippen molar-refractivity contribution in [3.05, 3.63) is 77.8 Å². The molecule has 0 N–H and O–H groups in total. The molecule has 1 amide bonds. The molecule has 0 bridgehead atoms. The van der Waals surface area contributed by atoms with Crippen LogP contribution in [-0.2, 0) is 11.3 Å². The molecule has 5 nitrogen and oxygen atoms in total. The van der Waals surface area contributed by atoms with Crippen LogP contribution in [-0.4, -0.2) is 26.4 Å². The molecule has 0 radical (unpaired) electrons. The van der Waals surface area contributed by atoms with Crippen LogP contribution in [0.4, 0.5) is 11.4 Å². The Morgan fingerprint density at radius 3 is 2.31 bits per heavy atom. The summed E-state index contributed by atoms with van der Waals surface area (Å²) in [6.07, 6.45) is 0. The minimum Gasteiger partial charge on any atom is -0.302 e. The molecule has 2 heterocycles. The molecule has 1 aromatic heterocycles. The van der Waals surface area contributed by atoms with Crippen molar-refractivity contribution < 1.29 is 4.79 Å². The van der Waals surface area contributed by atoms with E-state index in [1.807, 2.05) is 89.2 Å². The number of anilines is 2. The maximum absolute atomic E-state index is 13.4. The van der Waals surface area contributed by atoms with E-state index >= 15 is 0 Å². The zero-order valence-electron chi connectivity index (χ0n) is 17.2. The third kappa shape index (κ3) is 3.92. The summed E-state index contributed by atoms with van der Waals surface area (Å²) < 4.78 is 2.01. The number of thioether (sulfide) groups is 1. The number of nitrogens with zero attached hydrogens (tertiary/aromatic N) is 4. The fourth-order valence-corrected chi connectivity index (χ4v) is 5.79. The lowest BCUT2D eigenvalue weighted by atomic mass is 10.2. The highest BCUT2D eigenvalue weighted by Gasteiger charge is 2.28. The highest BCUT2D eigenvalue weighted by molar-refractivity contribution is 8.00. The molecule has 0 atom stereocenters. The predicted octanol–water partition coefficient (Wildman–Crippen LogP) is 6.54. The van der Waals surface area contributed by atoms with Gasteiger partial charge in [0.05, 0.1) is 17.1 Å². The SMILES string of the molecule is CCn1c(SCC(=O)N2c3ccccc3Sc3ccccc32)nnc1-c1cccc(Cl)c1. The quantitative estimate of drug-likeness (QED) is 0.305. The summed E-state index contributed by atoms with van der Waals surface area (Å²) in [6.45, 7) is 2.73. The zero-order chi connectivity index (χ0) is 22.1. The van der Waals surface area contributed by atoms with Crippen molar-refractivity contribution in [1.29, 1.82) is 0 Å². The zero-order valence-corrected chi connectivity index (χ0v) is 19.6. The van der Waals surface area contributed by atoms with Gasteiger partial charge in [-0.15, -0.1) is 10.2 Å². The van der Waals surface area contributed by atoms with Gasteiger partial charge in [0, 0.05) is 26.9 Å². The smallest absolute Gasteiger partial charge is 0.242 e. The van der Waals surface area contributed by atoms with Crippen molar-refractivity contribution in [1.82, 2.24) is 14.8 Å². The van der Waals surface area contributed by atoms with Crippen LogP contribution in [0, 0.1) is 0 Å². The first-order valence-electron chi connectivity index (χ1n) is 10.2. The van der Waals surface area contributed by atoms with E-state index in [-0.39, 0.29) is 11.7 Å². The number of rotatable bonds is 5. The van der Waals surface area contributed by atoms with Crippen LogP contribution in [0.1, 0.15) is 6.92 Å². The molecule has 0 saturated heterocycles. The van der Waals surface area contributed by atoms with Gasteiger partial charge in [-0.3, -0.25) is 9.69 Å². The van der Waals surface area contributed by atoms with E-state index in [0.29, 0.717) is 16.7 Å². The number of hydrogen-bond donors (Lipinski definition) is 0. The van der Waals surface area contributed by atoms with Gasteiger partial charge in [0.1, 0.15) is 0 Å². The lowest BCUT2D eigenvalue weighted by Crippen LogP contribution is -2.30. The molecule has 1 aliphatic heterocycles. The van der Waals surface area contributed by atoms with Gasteiger partial charge in [0.25, 0.3) is 0 Å². The van der Waals surface area contributed by atoms with Gasteiger partial charge in [-0.25, -0.2) is 0 Å². The van der Waals surface area contributed by atoms with Gasteiger partial charge < -0.3 is 4.57 Å². The fraction of sp³-hybridized carbons (Fsp3) is 0.125. The van der Waals surface area contributed by atoms with E-state index in [1.54, 1.807) is 11.8 Å². The molecule has 3 aromatic carbocycles. The molecular weight excluding hydrogens is 460 g/mol.